The lowest BCUT2D eigenvalue weighted by molar-refractivity contribution is -0.142. The zero-order valence-corrected chi connectivity index (χ0v) is 25.8. The van der Waals surface area contributed by atoms with Gasteiger partial charge < -0.3 is 24.2 Å². The minimum absolute atomic E-state index is 0.0670. The number of pyridine rings is 1. The number of hydrogen-bond acceptors (Lipinski definition) is 6. The number of benzene rings is 1. The minimum atomic E-state index is -0.138. The van der Waals surface area contributed by atoms with Crippen LogP contribution in [0.1, 0.15) is 41.0 Å². The number of halogens is 1. The Morgan fingerprint density at radius 3 is 2.56 bits per heavy atom. The second kappa shape index (κ2) is 12.1. The number of aryl methyl sites for hydroxylation is 1. The predicted molar refractivity (Wildman–Crippen MR) is 166 cm³/mol. The molecule has 0 bridgehead atoms. The Hall–Kier alpha value is -4.36. The molecule has 0 saturated carbocycles. The molecule has 224 valence electrons. The first kappa shape index (κ1) is 30.1. The molecule has 2 aromatic heterocycles. The standard InChI is InChI=1S/C32H36ClN7O3/c1-6-26-30(32(43)39-11-10-37(16-21(39)4)27-9-8-22(14-34)15-35-27)25-13-23(33)12-20(3)31(25)40(26)19-29(42)36(5)24-17-38(18-24)28(41)7-2/h7-9,12-13,15,21,24H,2,6,10-11,16-19H2,1,3-5H3/t21-/m1/s1. The van der Waals surface area contributed by atoms with Gasteiger partial charge in [-0.1, -0.05) is 25.1 Å². The summed E-state index contributed by atoms with van der Waals surface area (Å²) in [4.78, 5) is 51.6. The van der Waals surface area contributed by atoms with Crippen LogP contribution in [0.4, 0.5) is 5.82 Å². The van der Waals surface area contributed by atoms with Gasteiger partial charge in [0.05, 0.1) is 22.7 Å². The van der Waals surface area contributed by atoms with Crippen molar-refractivity contribution in [3.8, 4) is 6.07 Å². The summed E-state index contributed by atoms with van der Waals surface area (Å²) in [5.41, 5.74) is 3.61. The van der Waals surface area contributed by atoms with Crippen LogP contribution >= 0.6 is 11.6 Å². The number of aromatic nitrogens is 2. The second-order valence-electron chi connectivity index (χ2n) is 11.3. The molecule has 0 aliphatic carbocycles. The van der Waals surface area contributed by atoms with Crippen molar-refractivity contribution in [2.75, 3.05) is 44.7 Å². The van der Waals surface area contributed by atoms with E-state index in [-0.39, 0.29) is 36.3 Å². The fourth-order valence-electron chi connectivity index (χ4n) is 6.20. The Morgan fingerprint density at radius 1 is 1.21 bits per heavy atom. The Labute approximate surface area is 256 Å². The van der Waals surface area contributed by atoms with Crippen LogP contribution in [-0.2, 0) is 22.6 Å². The van der Waals surface area contributed by atoms with E-state index in [0.29, 0.717) is 55.3 Å². The van der Waals surface area contributed by atoms with Crippen molar-refractivity contribution < 1.29 is 14.4 Å². The number of carbonyl (C=O) groups excluding carboxylic acids is 3. The summed E-state index contributed by atoms with van der Waals surface area (Å²) in [7, 11) is 1.76. The molecule has 0 spiro atoms. The number of nitriles is 1. The largest absolute Gasteiger partial charge is 0.353 e. The maximum absolute atomic E-state index is 14.3. The fraction of sp³-hybridized carbons (Fsp3) is 0.406. The average molecular weight is 602 g/mol. The summed E-state index contributed by atoms with van der Waals surface area (Å²) in [6.07, 6.45) is 3.40. The van der Waals surface area contributed by atoms with Crippen LogP contribution in [0.15, 0.2) is 43.1 Å². The third kappa shape index (κ3) is 5.57. The molecule has 5 rings (SSSR count). The van der Waals surface area contributed by atoms with Crippen molar-refractivity contribution in [3.63, 3.8) is 0 Å². The van der Waals surface area contributed by atoms with Gasteiger partial charge in [-0.2, -0.15) is 5.26 Å². The maximum atomic E-state index is 14.3. The van der Waals surface area contributed by atoms with E-state index in [2.05, 4.69) is 22.5 Å². The molecule has 11 heteroatoms. The van der Waals surface area contributed by atoms with Crippen LogP contribution in [0.3, 0.4) is 0 Å². The van der Waals surface area contributed by atoms with Crippen molar-refractivity contribution in [2.45, 2.75) is 45.8 Å². The molecule has 4 heterocycles. The molecule has 43 heavy (non-hydrogen) atoms. The number of likely N-dealkylation sites (tertiary alicyclic amines) is 1. The summed E-state index contributed by atoms with van der Waals surface area (Å²) in [5.74, 6) is 0.464. The van der Waals surface area contributed by atoms with Crippen LogP contribution in [-0.4, -0.2) is 93.8 Å². The number of hydrogen-bond donors (Lipinski definition) is 0. The molecule has 1 atom stereocenters. The van der Waals surface area contributed by atoms with E-state index in [1.807, 2.05) is 48.4 Å². The van der Waals surface area contributed by atoms with E-state index in [1.165, 1.54) is 6.08 Å². The lowest BCUT2D eigenvalue weighted by Gasteiger charge is -2.43. The summed E-state index contributed by atoms with van der Waals surface area (Å²) >= 11 is 6.52. The van der Waals surface area contributed by atoms with Gasteiger partial charge in [0.1, 0.15) is 18.4 Å². The summed E-state index contributed by atoms with van der Waals surface area (Å²) < 4.78 is 1.97. The number of nitrogens with zero attached hydrogens (tertiary/aromatic N) is 7. The zero-order valence-electron chi connectivity index (χ0n) is 25.0. The monoisotopic (exact) mass is 601 g/mol. The van der Waals surface area contributed by atoms with Gasteiger partial charge >= 0.3 is 0 Å². The third-order valence-corrected chi connectivity index (χ3v) is 8.86. The van der Waals surface area contributed by atoms with Crippen LogP contribution < -0.4 is 4.90 Å². The third-order valence-electron chi connectivity index (χ3n) is 8.64. The Morgan fingerprint density at radius 2 is 1.95 bits per heavy atom. The Balaban J connectivity index is 1.43. The summed E-state index contributed by atoms with van der Waals surface area (Å²) in [6.45, 7) is 12.2. The van der Waals surface area contributed by atoms with E-state index >= 15 is 0 Å². The normalized spacial score (nSPS) is 17.0. The minimum Gasteiger partial charge on any atom is -0.353 e. The van der Waals surface area contributed by atoms with Crippen LogP contribution in [0.25, 0.3) is 10.9 Å². The molecule has 10 nitrogen and oxygen atoms in total. The molecule has 3 aromatic rings. The van der Waals surface area contributed by atoms with Crippen molar-refractivity contribution in [3.05, 3.63) is 70.5 Å². The summed E-state index contributed by atoms with van der Waals surface area (Å²) in [6, 6.07) is 9.20. The fourth-order valence-corrected chi connectivity index (χ4v) is 6.47. The second-order valence-corrected chi connectivity index (χ2v) is 11.7. The summed E-state index contributed by atoms with van der Waals surface area (Å²) in [5, 5.41) is 10.4. The predicted octanol–water partition coefficient (Wildman–Crippen LogP) is 3.64. The molecule has 1 aromatic carbocycles. The number of carbonyl (C=O) groups is 3. The lowest BCUT2D eigenvalue weighted by atomic mass is 10.0. The van der Waals surface area contributed by atoms with Gasteiger partial charge in [0.15, 0.2) is 0 Å². The van der Waals surface area contributed by atoms with Crippen molar-refractivity contribution in [1.82, 2.24) is 24.3 Å². The molecule has 2 aliphatic rings. The van der Waals surface area contributed by atoms with Crippen LogP contribution in [0.2, 0.25) is 5.02 Å². The number of anilines is 1. The SMILES string of the molecule is C=CC(=O)N1CC(N(C)C(=O)Cn2c(CC)c(C(=O)N3CCN(c4ccc(C#N)cn4)C[C@H]3C)c3cc(Cl)cc(C)c32)C1. The van der Waals surface area contributed by atoms with Gasteiger partial charge in [0.2, 0.25) is 11.8 Å². The van der Waals surface area contributed by atoms with Gasteiger partial charge in [-0.05, 0) is 56.2 Å². The molecule has 0 unspecified atom stereocenters. The molecule has 2 aliphatic heterocycles. The Bertz CT molecular complexity index is 1640. The smallest absolute Gasteiger partial charge is 0.256 e. The highest BCUT2D eigenvalue weighted by atomic mass is 35.5. The van der Waals surface area contributed by atoms with E-state index < -0.39 is 0 Å². The highest BCUT2D eigenvalue weighted by molar-refractivity contribution is 6.31. The highest BCUT2D eigenvalue weighted by Gasteiger charge is 2.36. The number of rotatable bonds is 7. The van der Waals surface area contributed by atoms with E-state index in [9.17, 15) is 14.4 Å². The first-order valence-corrected chi connectivity index (χ1v) is 14.9. The lowest BCUT2D eigenvalue weighted by Crippen LogP contribution is -2.61. The van der Waals surface area contributed by atoms with E-state index in [1.54, 1.807) is 29.1 Å². The van der Waals surface area contributed by atoms with E-state index in [0.717, 1.165) is 28.0 Å². The number of piperazine rings is 1. The van der Waals surface area contributed by atoms with Crippen LogP contribution in [0, 0.1) is 18.3 Å². The van der Waals surface area contributed by atoms with Crippen molar-refractivity contribution >= 4 is 46.0 Å². The van der Waals surface area contributed by atoms with Crippen molar-refractivity contribution in [1.29, 1.82) is 5.26 Å². The molecular weight excluding hydrogens is 566 g/mol. The van der Waals surface area contributed by atoms with Gasteiger partial charge in [-0.3, -0.25) is 14.4 Å². The van der Waals surface area contributed by atoms with E-state index in [4.69, 9.17) is 16.9 Å². The van der Waals surface area contributed by atoms with Gasteiger partial charge in [0, 0.05) is 68.1 Å². The molecule has 3 amide bonds. The average Bonchev–Trinajstić information content (AvgIpc) is 3.28. The molecule has 0 radical (unpaired) electrons. The Kier molecular flexibility index (Phi) is 8.47. The maximum Gasteiger partial charge on any atom is 0.256 e. The van der Waals surface area contributed by atoms with Gasteiger partial charge in [-0.15, -0.1) is 0 Å². The quantitative estimate of drug-likeness (QED) is 0.383. The number of fused-ring (bicyclic) bond motifs is 1. The first-order valence-electron chi connectivity index (χ1n) is 14.5. The molecule has 2 fully saturated rings. The number of likely N-dealkylation sites (N-methyl/N-ethyl adjacent to an activating group) is 1. The van der Waals surface area contributed by atoms with Gasteiger partial charge in [0.25, 0.3) is 5.91 Å². The molecule has 2 saturated heterocycles. The van der Waals surface area contributed by atoms with Crippen molar-refractivity contribution in [2.24, 2.45) is 0 Å². The highest BCUT2D eigenvalue weighted by Crippen LogP contribution is 2.34. The zero-order chi connectivity index (χ0) is 31.0. The number of amides is 3. The molecule has 0 N–H and O–H groups in total. The van der Waals surface area contributed by atoms with Gasteiger partial charge in [-0.25, -0.2) is 4.98 Å². The topological polar surface area (TPSA) is 106 Å². The van der Waals surface area contributed by atoms with Crippen LogP contribution in [0.5, 0.6) is 0 Å². The molecular formula is C32H36ClN7O3. The first-order chi connectivity index (χ1) is 20.6.